The molecule has 0 aromatic carbocycles. The second-order valence-corrected chi connectivity index (χ2v) is 10.3. The fraction of sp³-hybridized carbons (Fsp3) is 1.00. The Bertz CT molecular complexity index is 352. The predicted octanol–water partition coefficient (Wildman–Crippen LogP) is 3.95. The van der Waals surface area contributed by atoms with E-state index in [2.05, 4.69) is 63.7 Å². The van der Waals surface area contributed by atoms with Crippen LogP contribution in [0.25, 0.3) is 0 Å². The van der Waals surface area contributed by atoms with Crippen LogP contribution in [-0.2, 0) is 9.09 Å². The highest BCUT2D eigenvalue weighted by molar-refractivity contribution is 9.12. The maximum Gasteiger partial charge on any atom is 0.469 e. The van der Waals surface area contributed by atoms with Gasteiger partial charge < -0.3 is 14.9 Å². The van der Waals surface area contributed by atoms with Crippen LogP contribution in [0.3, 0.4) is 0 Å². The first-order valence-electron chi connectivity index (χ1n) is 6.29. The van der Waals surface area contributed by atoms with Gasteiger partial charge in [-0.25, -0.2) is 4.57 Å². The molecule has 128 valence electrons. The zero-order chi connectivity index (χ0) is 16.8. The second kappa shape index (κ2) is 10.1. The van der Waals surface area contributed by atoms with Gasteiger partial charge in [0.25, 0.3) is 0 Å². The second-order valence-electron chi connectivity index (χ2n) is 5.22. The number of hydrogen-bond donors (Lipinski definition) is 3. The maximum atomic E-state index is 11.2. The van der Waals surface area contributed by atoms with E-state index in [1.807, 2.05) is 0 Å². The lowest BCUT2D eigenvalue weighted by atomic mass is 9.81. The van der Waals surface area contributed by atoms with Gasteiger partial charge in [0.15, 0.2) is 0 Å². The molecule has 5 nitrogen and oxygen atoms in total. The van der Waals surface area contributed by atoms with Gasteiger partial charge in [-0.3, -0.25) is 4.52 Å². The van der Waals surface area contributed by atoms with Gasteiger partial charge in [-0.15, -0.1) is 0 Å². The number of phosphoric ester groups is 1. The van der Waals surface area contributed by atoms with E-state index in [1.54, 1.807) is 13.8 Å². The van der Waals surface area contributed by atoms with Crippen LogP contribution in [0.15, 0.2) is 0 Å². The highest BCUT2D eigenvalue weighted by atomic mass is 79.9. The van der Waals surface area contributed by atoms with Crippen molar-refractivity contribution in [1.82, 2.24) is 0 Å². The molecule has 0 saturated carbocycles. The molecule has 0 aromatic rings. The van der Waals surface area contributed by atoms with Crippen LogP contribution in [0.4, 0.5) is 0 Å². The number of aliphatic hydroxyl groups is 1. The lowest BCUT2D eigenvalue weighted by molar-refractivity contribution is -0.0548. The van der Waals surface area contributed by atoms with Gasteiger partial charge >= 0.3 is 7.82 Å². The fourth-order valence-corrected chi connectivity index (χ4v) is 4.06. The molecule has 0 aliphatic rings. The van der Waals surface area contributed by atoms with Crippen molar-refractivity contribution in [3.63, 3.8) is 0 Å². The largest absolute Gasteiger partial charge is 0.469 e. The summed E-state index contributed by atoms with van der Waals surface area (Å²) < 4.78 is 16.1. The van der Waals surface area contributed by atoms with Gasteiger partial charge in [0.1, 0.15) is 0 Å². The van der Waals surface area contributed by atoms with Crippen LogP contribution in [0.2, 0.25) is 0 Å². The Morgan fingerprint density at radius 2 is 1.67 bits per heavy atom. The topological polar surface area (TPSA) is 87.0 Å². The molecule has 10 heteroatoms. The third kappa shape index (κ3) is 9.77. The predicted molar refractivity (Wildman–Crippen MR) is 99.0 cm³/mol. The zero-order valence-corrected chi connectivity index (χ0v) is 19.0. The van der Waals surface area contributed by atoms with Crippen LogP contribution in [0, 0.1) is 5.92 Å². The van der Waals surface area contributed by atoms with Gasteiger partial charge in [0.2, 0.25) is 0 Å². The normalized spacial score (nSPS) is 21.4. The average molecular weight is 584 g/mol. The first-order chi connectivity index (χ1) is 9.42. The minimum absolute atomic E-state index is 0.0109. The summed E-state index contributed by atoms with van der Waals surface area (Å²) >= 11 is 13.5. The summed E-state index contributed by atoms with van der Waals surface area (Å²) in [6.45, 7) is 3.39. The number of halogens is 4. The van der Waals surface area contributed by atoms with Crippen LogP contribution in [0.1, 0.15) is 26.7 Å². The van der Waals surface area contributed by atoms with Crippen LogP contribution >= 0.6 is 71.5 Å². The SMILES string of the molecule is CC(C(CC(Br)CBr)OP(=O)(O)O)C(C)(O)CC(Br)CBr. The number of alkyl halides is 4. The molecule has 21 heavy (non-hydrogen) atoms. The molecule has 0 heterocycles. The molecule has 0 saturated heterocycles. The molecular weight excluding hydrogens is 563 g/mol. The van der Waals surface area contributed by atoms with E-state index >= 15 is 0 Å². The molecule has 5 unspecified atom stereocenters. The molecular formula is C11H21Br4O5P. The van der Waals surface area contributed by atoms with Crippen molar-refractivity contribution in [3.05, 3.63) is 0 Å². The third-order valence-corrected chi connectivity index (χ3v) is 8.46. The van der Waals surface area contributed by atoms with Crippen molar-refractivity contribution < 1.29 is 24.0 Å². The van der Waals surface area contributed by atoms with Crippen LogP contribution < -0.4 is 0 Å². The van der Waals surface area contributed by atoms with Gasteiger partial charge in [-0.1, -0.05) is 70.6 Å². The van der Waals surface area contributed by atoms with Crippen molar-refractivity contribution >= 4 is 71.5 Å². The quantitative estimate of drug-likeness (QED) is 0.268. The van der Waals surface area contributed by atoms with Crippen LogP contribution in [-0.4, -0.2) is 46.9 Å². The highest BCUT2D eigenvalue weighted by Gasteiger charge is 2.39. The summed E-state index contributed by atoms with van der Waals surface area (Å²) in [6, 6.07) is 0. The molecule has 5 atom stereocenters. The summed E-state index contributed by atoms with van der Waals surface area (Å²) in [5.41, 5.74) is -1.12. The molecule has 0 aromatic heterocycles. The molecule has 0 spiro atoms. The highest BCUT2D eigenvalue weighted by Crippen LogP contribution is 2.43. The first kappa shape index (κ1) is 23.0. The lowest BCUT2D eigenvalue weighted by Crippen LogP contribution is -2.43. The molecule has 0 aliphatic heterocycles. The van der Waals surface area contributed by atoms with Crippen molar-refractivity contribution in [2.75, 3.05) is 10.7 Å². The zero-order valence-electron chi connectivity index (χ0n) is 11.8. The lowest BCUT2D eigenvalue weighted by Gasteiger charge is -2.37. The van der Waals surface area contributed by atoms with E-state index in [1.165, 1.54) is 0 Å². The van der Waals surface area contributed by atoms with E-state index in [-0.39, 0.29) is 9.65 Å². The summed E-state index contributed by atoms with van der Waals surface area (Å²) in [5.74, 6) is -0.455. The van der Waals surface area contributed by atoms with Gasteiger partial charge in [0.05, 0.1) is 11.7 Å². The summed E-state index contributed by atoms with van der Waals surface area (Å²) in [6.07, 6.45) is 0.0363. The standard InChI is InChI=1S/C11H21Br4O5P/c1-7(11(2,16)4-9(15)6-13)10(3-8(14)5-12)20-21(17,18)19/h7-10,16H,3-6H2,1-2H3,(H2,17,18,19). The van der Waals surface area contributed by atoms with E-state index in [0.717, 1.165) is 0 Å². The summed E-state index contributed by atoms with van der Waals surface area (Å²) in [4.78, 5) is 18.2. The van der Waals surface area contributed by atoms with Crippen LogP contribution in [0.5, 0.6) is 0 Å². The number of hydrogen-bond acceptors (Lipinski definition) is 3. The fourth-order valence-electron chi connectivity index (χ4n) is 1.92. The van der Waals surface area contributed by atoms with E-state index in [9.17, 15) is 9.67 Å². The van der Waals surface area contributed by atoms with Crippen molar-refractivity contribution in [3.8, 4) is 0 Å². The summed E-state index contributed by atoms with van der Waals surface area (Å²) in [7, 11) is -4.62. The number of rotatable bonds is 10. The molecule has 0 fully saturated rings. The minimum atomic E-state index is -4.62. The monoisotopic (exact) mass is 580 g/mol. The van der Waals surface area contributed by atoms with E-state index in [4.69, 9.17) is 14.3 Å². The van der Waals surface area contributed by atoms with Crippen molar-refractivity contribution in [2.24, 2.45) is 5.92 Å². The average Bonchev–Trinajstić information content (AvgIpc) is 2.34. The van der Waals surface area contributed by atoms with Gasteiger partial charge in [-0.05, 0) is 19.8 Å². The Hall–Kier alpha value is 1.99. The minimum Gasteiger partial charge on any atom is -0.390 e. The van der Waals surface area contributed by atoms with E-state index < -0.39 is 25.4 Å². The van der Waals surface area contributed by atoms with Crippen molar-refractivity contribution in [2.45, 2.75) is 48.0 Å². The number of phosphoric acid groups is 1. The Morgan fingerprint density at radius 3 is 2.05 bits per heavy atom. The van der Waals surface area contributed by atoms with Gasteiger partial charge in [0, 0.05) is 26.2 Å². The molecule has 0 rings (SSSR count). The smallest absolute Gasteiger partial charge is 0.390 e. The third-order valence-electron chi connectivity index (χ3n) is 3.27. The molecule has 0 radical (unpaired) electrons. The Balaban J connectivity index is 5.06. The van der Waals surface area contributed by atoms with Gasteiger partial charge in [-0.2, -0.15) is 0 Å². The molecule has 0 aliphatic carbocycles. The van der Waals surface area contributed by atoms with Crippen molar-refractivity contribution in [1.29, 1.82) is 0 Å². The summed E-state index contributed by atoms with van der Waals surface area (Å²) in [5, 5.41) is 11.9. The maximum absolute atomic E-state index is 11.2. The Morgan fingerprint density at radius 1 is 1.19 bits per heavy atom. The molecule has 0 bridgehead atoms. The Kier molecular flexibility index (Phi) is 11.0. The van der Waals surface area contributed by atoms with E-state index in [0.29, 0.717) is 23.5 Å². The molecule has 0 amide bonds. The first-order valence-corrected chi connectivity index (χ1v) is 11.9. The Labute approximate surface area is 159 Å². The molecule has 3 N–H and O–H groups in total.